The largest absolute Gasteiger partial charge is 0.493 e. The Hall–Kier alpha value is -4.84. The number of methoxy groups -OCH3 is 1. The lowest BCUT2D eigenvalue weighted by molar-refractivity contribution is -0.133. The maximum atomic E-state index is 15.7. The van der Waals surface area contributed by atoms with Crippen molar-refractivity contribution in [2.75, 3.05) is 38.8 Å². The van der Waals surface area contributed by atoms with E-state index in [2.05, 4.69) is 21.9 Å². The van der Waals surface area contributed by atoms with Gasteiger partial charge in [-0.25, -0.2) is 18.7 Å². The van der Waals surface area contributed by atoms with Gasteiger partial charge in [-0.2, -0.15) is 0 Å². The zero-order chi connectivity index (χ0) is 32.9. The first-order chi connectivity index (χ1) is 22.6. The molecule has 2 heterocycles. The fourth-order valence-electron chi connectivity index (χ4n) is 7.09. The molecule has 7 rings (SSSR count). The fourth-order valence-corrected chi connectivity index (χ4v) is 7.09. The van der Waals surface area contributed by atoms with E-state index in [0.717, 1.165) is 43.8 Å². The van der Waals surface area contributed by atoms with Gasteiger partial charge in [-0.15, -0.1) is 0 Å². The molecule has 244 valence electrons. The lowest BCUT2D eigenvalue weighted by Crippen LogP contribution is -2.41. The topological polar surface area (TPSA) is 120 Å². The van der Waals surface area contributed by atoms with Crippen molar-refractivity contribution in [2.45, 2.75) is 25.7 Å². The summed E-state index contributed by atoms with van der Waals surface area (Å²) in [6, 6.07) is 12.5. The number of carbonyl (C=O) groups is 2. The highest BCUT2D eigenvalue weighted by Crippen LogP contribution is 2.49. The average molecular weight is 644 g/mol. The van der Waals surface area contributed by atoms with Gasteiger partial charge in [-0.05, 0) is 92.9 Å². The van der Waals surface area contributed by atoms with E-state index >= 15 is 4.39 Å². The number of fused-ring (bicyclic) bond motifs is 2. The molecule has 10 nitrogen and oxygen atoms in total. The molecule has 2 atom stereocenters. The van der Waals surface area contributed by atoms with Crippen LogP contribution in [0.4, 0.5) is 20.2 Å². The van der Waals surface area contributed by atoms with Crippen LogP contribution in [0.25, 0.3) is 10.9 Å². The van der Waals surface area contributed by atoms with Crippen LogP contribution in [0.1, 0.15) is 25.7 Å². The van der Waals surface area contributed by atoms with Crippen LogP contribution >= 0.6 is 0 Å². The van der Waals surface area contributed by atoms with Gasteiger partial charge in [0.15, 0.2) is 23.1 Å². The van der Waals surface area contributed by atoms with Gasteiger partial charge >= 0.3 is 0 Å². The number of amides is 2. The molecule has 2 unspecified atom stereocenters. The standard InChI is InChI=1S/C35H35F2N5O5/c1-41-16-21-11-20(12-22(21)17-41)18-46-31-15-28-26(14-30(31)45-2)32(40-19-39-28)47-29-8-7-25(13-27(29)37)42(24-5-3-23(36)4-6-24)34(44)35(9-10-35)33(38)43/h3-8,13-15,19-22H,9-12,16-18H2,1-2H3,(H2,38,43). The fraction of sp³-hybridized carbons (Fsp3) is 0.371. The van der Waals surface area contributed by atoms with E-state index in [9.17, 15) is 14.0 Å². The van der Waals surface area contributed by atoms with Gasteiger partial charge in [-0.3, -0.25) is 14.5 Å². The molecule has 2 amide bonds. The Morgan fingerprint density at radius 3 is 2.30 bits per heavy atom. The average Bonchev–Trinajstić information content (AvgIpc) is 3.69. The Bertz CT molecular complexity index is 1840. The molecular formula is C35H35F2N5O5. The molecule has 0 spiro atoms. The van der Waals surface area contributed by atoms with E-state index < -0.39 is 28.9 Å². The van der Waals surface area contributed by atoms with Crippen LogP contribution in [0.3, 0.4) is 0 Å². The molecule has 3 aliphatic rings. The molecule has 4 aromatic rings. The zero-order valence-corrected chi connectivity index (χ0v) is 26.1. The van der Waals surface area contributed by atoms with E-state index in [1.54, 1.807) is 19.2 Å². The quantitative estimate of drug-likeness (QED) is 0.222. The Balaban J connectivity index is 1.13. The summed E-state index contributed by atoms with van der Waals surface area (Å²) in [6.07, 6.45) is 4.18. The summed E-state index contributed by atoms with van der Waals surface area (Å²) in [5.74, 6) is 0.228. The Morgan fingerprint density at radius 1 is 0.957 bits per heavy atom. The third-order valence-electron chi connectivity index (χ3n) is 9.69. The molecule has 3 fully saturated rings. The number of primary amides is 1. The number of halogens is 2. The van der Waals surface area contributed by atoms with Gasteiger partial charge in [0.2, 0.25) is 17.7 Å². The number of hydrogen-bond donors (Lipinski definition) is 1. The summed E-state index contributed by atoms with van der Waals surface area (Å²) in [6.45, 7) is 2.87. The van der Waals surface area contributed by atoms with Crippen molar-refractivity contribution in [3.05, 3.63) is 72.6 Å². The van der Waals surface area contributed by atoms with Crippen molar-refractivity contribution in [1.82, 2.24) is 14.9 Å². The first-order valence-electron chi connectivity index (χ1n) is 15.7. The summed E-state index contributed by atoms with van der Waals surface area (Å²) in [5.41, 5.74) is 5.07. The van der Waals surface area contributed by atoms with E-state index in [1.807, 2.05) is 0 Å². The second-order valence-corrected chi connectivity index (χ2v) is 12.9. The maximum absolute atomic E-state index is 15.7. The molecule has 0 bridgehead atoms. The van der Waals surface area contributed by atoms with E-state index in [0.29, 0.717) is 34.9 Å². The van der Waals surface area contributed by atoms with E-state index in [1.165, 1.54) is 47.6 Å². The van der Waals surface area contributed by atoms with Gasteiger partial charge < -0.3 is 24.8 Å². The zero-order valence-electron chi connectivity index (χ0n) is 26.1. The number of carbonyl (C=O) groups excluding carboxylic acids is 2. The lowest BCUT2D eigenvalue weighted by Gasteiger charge is -2.26. The number of anilines is 2. The third-order valence-corrected chi connectivity index (χ3v) is 9.69. The van der Waals surface area contributed by atoms with Gasteiger partial charge in [0.1, 0.15) is 17.6 Å². The predicted molar refractivity (Wildman–Crippen MR) is 170 cm³/mol. The highest BCUT2D eigenvalue weighted by molar-refractivity contribution is 6.16. The second kappa shape index (κ2) is 12.1. The predicted octanol–water partition coefficient (Wildman–Crippen LogP) is 5.61. The minimum atomic E-state index is -1.39. The molecule has 3 aromatic carbocycles. The number of likely N-dealkylation sites (tertiary alicyclic amines) is 1. The lowest BCUT2D eigenvalue weighted by atomic mass is 10.0. The molecule has 2 N–H and O–H groups in total. The van der Waals surface area contributed by atoms with Crippen molar-refractivity contribution in [3.63, 3.8) is 0 Å². The Kier molecular flexibility index (Phi) is 7.91. The maximum Gasteiger partial charge on any atom is 0.247 e. The van der Waals surface area contributed by atoms with E-state index in [4.69, 9.17) is 19.9 Å². The number of aromatic nitrogens is 2. The van der Waals surface area contributed by atoms with Crippen LogP contribution in [0, 0.1) is 34.8 Å². The van der Waals surface area contributed by atoms with Crippen molar-refractivity contribution in [3.8, 4) is 23.1 Å². The Labute approximate surface area is 270 Å². The first kappa shape index (κ1) is 30.8. The second-order valence-electron chi connectivity index (χ2n) is 12.9. The van der Waals surface area contributed by atoms with Crippen LogP contribution in [-0.4, -0.2) is 60.5 Å². The van der Waals surface area contributed by atoms with Crippen LogP contribution in [-0.2, 0) is 9.59 Å². The monoisotopic (exact) mass is 643 g/mol. The van der Waals surface area contributed by atoms with Crippen LogP contribution < -0.4 is 24.8 Å². The first-order valence-corrected chi connectivity index (χ1v) is 15.7. The molecular weight excluding hydrogens is 608 g/mol. The highest BCUT2D eigenvalue weighted by Gasteiger charge is 2.57. The molecule has 1 aliphatic heterocycles. The molecule has 0 radical (unpaired) electrons. The molecule has 47 heavy (non-hydrogen) atoms. The van der Waals surface area contributed by atoms with Crippen molar-refractivity contribution >= 4 is 34.1 Å². The van der Waals surface area contributed by atoms with Crippen molar-refractivity contribution in [1.29, 1.82) is 0 Å². The molecule has 2 saturated carbocycles. The number of nitrogens with zero attached hydrogens (tertiary/aromatic N) is 4. The van der Waals surface area contributed by atoms with Gasteiger partial charge in [0, 0.05) is 30.9 Å². The number of ether oxygens (including phenoxy) is 3. The minimum Gasteiger partial charge on any atom is -0.493 e. The normalized spacial score (nSPS) is 21.3. The van der Waals surface area contributed by atoms with Gasteiger partial charge in [0.25, 0.3) is 0 Å². The number of hydrogen-bond acceptors (Lipinski definition) is 8. The SMILES string of the molecule is COc1cc2c(Oc3ccc(N(C(=O)C4(C(N)=O)CC4)c4ccc(F)cc4)cc3F)ncnc2cc1OCC1CC2CN(C)CC2C1. The van der Waals surface area contributed by atoms with Crippen molar-refractivity contribution < 1.29 is 32.6 Å². The smallest absolute Gasteiger partial charge is 0.247 e. The Morgan fingerprint density at radius 2 is 1.66 bits per heavy atom. The summed E-state index contributed by atoms with van der Waals surface area (Å²) in [7, 11) is 3.72. The van der Waals surface area contributed by atoms with E-state index in [-0.39, 0.29) is 35.8 Å². The number of nitrogens with two attached hydrogens (primary N) is 1. The number of benzene rings is 3. The summed E-state index contributed by atoms with van der Waals surface area (Å²) in [5, 5.41) is 0.485. The highest BCUT2D eigenvalue weighted by atomic mass is 19.1. The molecule has 2 aliphatic carbocycles. The van der Waals surface area contributed by atoms with Crippen molar-refractivity contribution in [2.24, 2.45) is 28.9 Å². The number of rotatable bonds is 10. The molecule has 1 saturated heterocycles. The van der Waals surface area contributed by atoms with Gasteiger partial charge in [0.05, 0.1) is 30.3 Å². The van der Waals surface area contributed by atoms with Gasteiger partial charge in [-0.1, -0.05) is 0 Å². The minimum absolute atomic E-state index is 0.0939. The third kappa shape index (κ3) is 5.82. The molecule has 12 heteroatoms. The summed E-state index contributed by atoms with van der Waals surface area (Å²) >= 11 is 0. The van der Waals surface area contributed by atoms with Crippen LogP contribution in [0.15, 0.2) is 60.9 Å². The van der Waals surface area contributed by atoms with Crippen LogP contribution in [0.2, 0.25) is 0 Å². The van der Waals surface area contributed by atoms with Crippen LogP contribution in [0.5, 0.6) is 23.1 Å². The molecule has 1 aromatic heterocycles. The summed E-state index contributed by atoms with van der Waals surface area (Å²) < 4.78 is 47.2. The summed E-state index contributed by atoms with van der Waals surface area (Å²) in [4.78, 5) is 38.0.